The van der Waals surface area contributed by atoms with E-state index in [0.717, 1.165) is 23.1 Å². The van der Waals surface area contributed by atoms with Gasteiger partial charge < -0.3 is 14.2 Å². The molecule has 2 aliphatic heterocycles. The van der Waals surface area contributed by atoms with Crippen LogP contribution in [0.4, 0.5) is 18.9 Å². The molecular formula is C27H30F3N5O4. The summed E-state index contributed by atoms with van der Waals surface area (Å²) in [6.45, 7) is 3.12. The van der Waals surface area contributed by atoms with Gasteiger partial charge in [-0.05, 0) is 49.7 Å². The lowest BCUT2D eigenvalue weighted by molar-refractivity contribution is -0.178. The van der Waals surface area contributed by atoms with Crippen LogP contribution in [0.1, 0.15) is 69.2 Å². The third kappa shape index (κ3) is 4.84. The van der Waals surface area contributed by atoms with Crippen LogP contribution >= 0.6 is 0 Å². The van der Waals surface area contributed by atoms with E-state index in [9.17, 15) is 18.0 Å². The van der Waals surface area contributed by atoms with Crippen LogP contribution in [-0.2, 0) is 14.4 Å². The number of carbonyl (C=O) groups is 1. The molecule has 3 heterocycles. The molecule has 3 aliphatic carbocycles. The molecule has 7 rings (SSSR count). The Morgan fingerprint density at radius 2 is 2.10 bits per heavy atom. The summed E-state index contributed by atoms with van der Waals surface area (Å²) in [4.78, 5) is 29.3. The monoisotopic (exact) mass is 545 g/mol. The van der Waals surface area contributed by atoms with Crippen LogP contribution in [0.2, 0.25) is 0 Å². The predicted octanol–water partition coefficient (Wildman–Crippen LogP) is 4.76. The smallest absolute Gasteiger partial charge is 0.300 e. The van der Waals surface area contributed by atoms with E-state index >= 15 is 0 Å². The number of allylic oxidation sites excluding steroid dienone is 2. The van der Waals surface area contributed by atoms with Crippen molar-refractivity contribution < 1.29 is 32.1 Å². The maximum absolute atomic E-state index is 13.3. The first-order valence-electron chi connectivity index (χ1n) is 13.2. The Hall–Kier alpha value is -3.25. The number of anilines is 1. The Labute approximate surface area is 223 Å². The molecule has 2 aromatic rings. The number of carbonyl (C=O) groups excluding carboxylic acids is 1. The van der Waals surface area contributed by atoms with E-state index in [4.69, 9.17) is 19.1 Å². The zero-order valence-electron chi connectivity index (χ0n) is 21.6. The lowest BCUT2D eigenvalue weighted by atomic mass is 9.57. The Bertz CT molecular complexity index is 1310. The van der Waals surface area contributed by atoms with E-state index in [1.165, 1.54) is 0 Å². The van der Waals surface area contributed by atoms with E-state index < -0.39 is 18.9 Å². The SMILES string of the molecule is CC1(C2N=C(c3cccc(N(CC45CCC(c6nc(C(F)F)no6)=C(C4)C5)C(=O)CCCF)c3)NO2)COC1. The van der Waals surface area contributed by atoms with E-state index in [1.54, 1.807) is 4.90 Å². The van der Waals surface area contributed by atoms with Gasteiger partial charge in [-0.3, -0.25) is 9.18 Å². The number of hydrogen-bond acceptors (Lipinski definition) is 8. The molecule has 0 radical (unpaired) electrons. The number of amidine groups is 1. The highest BCUT2D eigenvalue weighted by molar-refractivity contribution is 6.01. The van der Waals surface area contributed by atoms with Gasteiger partial charge in [-0.15, -0.1) is 0 Å². The molecule has 2 bridgehead atoms. The minimum atomic E-state index is -2.78. The van der Waals surface area contributed by atoms with Crippen LogP contribution < -0.4 is 10.4 Å². The number of nitrogens with zero attached hydrogens (tertiary/aromatic N) is 4. The number of alkyl halides is 3. The fourth-order valence-corrected chi connectivity index (χ4v) is 5.82. The Balaban J connectivity index is 1.22. The van der Waals surface area contributed by atoms with Crippen LogP contribution in [0.15, 0.2) is 39.4 Å². The van der Waals surface area contributed by atoms with Crippen LogP contribution in [-0.4, -0.2) is 54.5 Å². The standard InChI is InChI=1S/C27H30F3N5O4/c1-26(14-37-15-26)25-32-22(33-39-25)16-4-2-5-18(10-16)35(20(36)6-3-9-28)13-27-8-7-19(17(11-27)12-27)24-31-23(21(29)30)34-38-24/h2,4-5,10,21,25H,3,6-9,11-15H2,1H3,(H,32,33). The number of ether oxygens (including phenoxy) is 1. The molecule has 1 saturated carbocycles. The van der Waals surface area contributed by atoms with Crippen molar-refractivity contribution in [2.75, 3.05) is 31.3 Å². The third-order valence-electron chi connectivity index (χ3n) is 8.13. The van der Waals surface area contributed by atoms with E-state index in [0.29, 0.717) is 50.5 Å². The number of amides is 1. The van der Waals surface area contributed by atoms with Crippen molar-refractivity contribution in [1.29, 1.82) is 0 Å². The summed E-state index contributed by atoms with van der Waals surface area (Å²) in [6, 6.07) is 7.54. The van der Waals surface area contributed by atoms with Gasteiger partial charge in [0.1, 0.15) is 0 Å². The quantitative estimate of drug-likeness (QED) is 0.459. The maximum Gasteiger partial charge on any atom is 0.300 e. The molecule has 39 heavy (non-hydrogen) atoms. The van der Waals surface area contributed by atoms with Crippen molar-refractivity contribution >= 4 is 23.0 Å². The first kappa shape index (κ1) is 26.0. The van der Waals surface area contributed by atoms with Crippen molar-refractivity contribution in [3.8, 4) is 0 Å². The molecule has 1 unspecified atom stereocenters. The minimum absolute atomic E-state index is 0.103. The number of rotatable bonds is 10. The summed E-state index contributed by atoms with van der Waals surface area (Å²) in [6.07, 6.45) is -0.105. The Morgan fingerprint density at radius 1 is 1.28 bits per heavy atom. The highest BCUT2D eigenvalue weighted by Crippen LogP contribution is 2.57. The summed E-state index contributed by atoms with van der Waals surface area (Å²) < 4.78 is 49.2. The highest BCUT2D eigenvalue weighted by Gasteiger charge is 2.48. The predicted molar refractivity (Wildman–Crippen MR) is 135 cm³/mol. The van der Waals surface area contributed by atoms with Crippen molar-refractivity contribution in [2.24, 2.45) is 15.8 Å². The van der Waals surface area contributed by atoms with Gasteiger partial charge in [0.15, 0.2) is 12.1 Å². The lowest BCUT2D eigenvalue weighted by Crippen LogP contribution is -2.48. The van der Waals surface area contributed by atoms with E-state index in [1.807, 2.05) is 24.3 Å². The average molecular weight is 546 g/mol. The normalized spacial score (nSPS) is 22.7. The maximum atomic E-state index is 13.3. The number of aromatic nitrogens is 2. The van der Waals surface area contributed by atoms with E-state index in [2.05, 4.69) is 22.5 Å². The van der Waals surface area contributed by atoms with Crippen LogP contribution in [0, 0.1) is 10.8 Å². The van der Waals surface area contributed by atoms with Crippen LogP contribution in [0.5, 0.6) is 0 Å². The fraction of sp³-hybridized carbons (Fsp3) is 0.556. The zero-order chi connectivity index (χ0) is 27.2. The second-order valence-electron chi connectivity index (χ2n) is 11.2. The van der Waals surface area contributed by atoms with Crippen molar-refractivity contribution in [2.45, 2.75) is 58.1 Å². The molecule has 0 spiro atoms. The van der Waals surface area contributed by atoms with Gasteiger partial charge in [0.25, 0.3) is 5.89 Å². The number of hydroxylamine groups is 1. The highest BCUT2D eigenvalue weighted by atomic mass is 19.3. The molecule has 5 aliphatic rings. The van der Waals surface area contributed by atoms with Gasteiger partial charge in [-0.2, -0.15) is 4.98 Å². The summed E-state index contributed by atoms with van der Waals surface area (Å²) in [5.74, 6) is -0.00418. The summed E-state index contributed by atoms with van der Waals surface area (Å²) in [5, 5.41) is 3.38. The van der Waals surface area contributed by atoms with Gasteiger partial charge in [0.05, 0.1) is 25.3 Å². The van der Waals surface area contributed by atoms with Gasteiger partial charge in [-0.1, -0.05) is 29.8 Å². The molecule has 1 atom stereocenters. The lowest BCUT2D eigenvalue weighted by Gasteiger charge is -2.51. The molecule has 12 heteroatoms. The minimum Gasteiger partial charge on any atom is -0.380 e. The Kier molecular flexibility index (Phi) is 6.70. The molecule has 1 aromatic heterocycles. The first-order chi connectivity index (χ1) is 18.8. The van der Waals surface area contributed by atoms with Crippen molar-refractivity contribution in [3.63, 3.8) is 0 Å². The first-order valence-corrected chi connectivity index (χ1v) is 13.2. The number of benzene rings is 1. The molecule has 208 valence electrons. The molecule has 1 amide bonds. The van der Waals surface area contributed by atoms with E-state index in [-0.39, 0.29) is 41.7 Å². The molecule has 1 aromatic carbocycles. The summed E-state index contributed by atoms with van der Waals surface area (Å²) >= 11 is 0. The molecular weight excluding hydrogens is 515 g/mol. The van der Waals surface area contributed by atoms with Gasteiger partial charge >= 0.3 is 6.43 Å². The number of aliphatic imine (C=N–C) groups is 1. The average Bonchev–Trinajstić information content (AvgIpc) is 3.60. The summed E-state index contributed by atoms with van der Waals surface area (Å²) in [7, 11) is 0. The number of fused-ring (bicyclic) bond motifs is 2. The number of hydrogen-bond donors (Lipinski definition) is 1. The number of nitrogens with one attached hydrogen (secondary N) is 1. The van der Waals surface area contributed by atoms with Gasteiger partial charge in [0.2, 0.25) is 11.7 Å². The van der Waals surface area contributed by atoms with Crippen molar-refractivity contribution in [3.05, 3.63) is 47.1 Å². The largest absolute Gasteiger partial charge is 0.380 e. The molecule has 1 N–H and O–H groups in total. The topological polar surface area (TPSA) is 102 Å². The molecule has 1 saturated heterocycles. The Morgan fingerprint density at radius 3 is 2.74 bits per heavy atom. The van der Waals surface area contributed by atoms with Gasteiger partial charge in [0, 0.05) is 29.8 Å². The summed E-state index contributed by atoms with van der Waals surface area (Å²) in [5.41, 5.74) is 6.00. The number of halogens is 3. The van der Waals surface area contributed by atoms with Crippen LogP contribution in [0.3, 0.4) is 0 Å². The fourth-order valence-electron chi connectivity index (χ4n) is 5.82. The zero-order valence-corrected chi connectivity index (χ0v) is 21.6. The second kappa shape index (κ2) is 10.1. The van der Waals surface area contributed by atoms with Crippen molar-refractivity contribution in [1.82, 2.24) is 15.6 Å². The molecule has 2 fully saturated rings. The second-order valence-corrected chi connectivity index (χ2v) is 11.2. The third-order valence-corrected chi connectivity index (χ3v) is 8.13. The van der Waals surface area contributed by atoms with Crippen LogP contribution in [0.25, 0.3) is 5.57 Å². The molecule has 9 nitrogen and oxygen atoms in total. The van der Waals surface area contributed by atoms with Gasteiger partial charge in [-0.25, -0.2) is 24.1 Å².